The Bertz CT molecular complexity index is 3250. The number of aromatic nitrogens is 4. The first-order chi connectivity index (χ1) is 26.2. The van der Waals surface area contributed by atoms with Gasteiger partial charge in [0.25, 0.3) is 0 Å². The van der Waals surface area contributed by atoms with Crippen molar-refractivity contribution in [2.75, 3.05) is 0 Å². The molecule has 0 aliphatic carbocycles. The number of fused-ring (bicyclic) bond motifs is 10. The molecule has 0 unspecified atom stereocenters. The standard InChI is InChI=1S/C48H30N4O.Li/c53-44-20-9-6-17-39(44)41-28-24-31-22-21-30-23-27-40(49-45(30)46(31)50-41)32-11-10-14-34(29-32)52-43-19-8-5-16-36(43)38-26-25-37-35-15-4-7-18-42(35)51(47(37)48(38)52)33-12-2-1-3-13-33;/h1-29,53H;/q;+1. The van der Waals surface area contributed by atoms with E-state index < -0.39 is 0 Å². The van der Waals surface area contributed by atoms with Crippen LogP contribution in [-0.2, 0) is 0 Å². The summed E-state index contributed by atoms with van der Waals surface area (Å²) in [5, 5.41) is 19.6. The molecule has 1 N–H and O–H groups in total. The van der Waals surface area contributed by atoms with E-state index in [1.54, 1.807) is 12.1 Å². The second-order valence-electron chi connectivity index (χ2n) is 13.6. The molecular formula is C48H30LiN4O+. The molecule has 4 heterocycles. The number of aromatic amines is 1. The average molecular weight is 686 g/mol. The monoisotopic (exact) mass is 685 g/mol. The first kappa shape index (κ1) is 32.0. The van der Waals surface area contributed by atoms with Crippen LogP contribution in [0.4, 0.5) is 0 Å². The van der Waals surface area contributed by atoms with Crippen LogP contribution in [0.15, 0.2) is 176 Å². The smallest absolute Gasteiger partial charge is 0.872 e. The van der Waals surface area contributed by atoms with Gasteiger partial charge in [-0.2, -0.15) is 0 Å². The summed E-state index contributed by atoms with van der Waals surface area (Å²) in [5.41, 5.74) is 11.9. The van der Waals surface area contributed by atoms with Gasteiger partial charge in [-0.3, -0.25) is 0 Å². The third kappa shape index (κ3) is 4.80. The molecule has 0 bridgehead atoms. The summed E-state index contributed by atoms with van der Waals surface area (Å²) in [6, 6.07) is 60.9. The number of rotatable bonds is 4. The number of nitrogens with one attached hydrogen (secondary N) is 1. The van der Waals surface area contributed by atoms with Gasteiger partial charge in [-0.1, -0.05) is 115 Å². The van der Waals surface area contributed by atoms with Crippen molar-refractivity contribution in [3.05, 3.63) is 176 Å². The average Bonchev–Trinajstić information content (AvgIpc) is 3.74. The quantitative estimate of drug-likeness (QED) is 0.140. The third-order valence-corrected chi connectivity index (χ3v) is 10.6. The van der Waals surface area contributed by atoms with Crippen molar-refractivity contribution < 1.29 is 29.0 Å². The zero-order valence-corrected chi connectivity index (χ0v) is 29.5. The van der Waals surface area contributed by atoms with Crippen LogP contribution in [0.3, 0.4) is 0 Å². The molecule has 0 spiro atoms. The maximum absolute atomic E-state index is 12.7. The first-order valence-corrected chi connectivity index (χ1v) is 17.8. The fraction of sp³-hybridized carbons (Fsp3) is 0. The Morgan fingerprint density at radius 3 is 1.81 bits per heavy atom. The maximum Gasteiger partial charge on any atom is 1.00 e. The molecule has 0 atom stereocenters. The van der Waals surface area contributed by atoms with Crippen molar-refractivity contribution in [2.45, 2.75) is 0 Å². The second kappa shape index (κ2) is 12.5. The van der Waals surface area contributed by atoms with E-state index in [4.69, 9.17) is 4.98 Å². The third-order valence-electron chi connectivity index (χ3n) is 10.6. The molecule has 54 heavy (non-hydrogen) atoms. The van der Waals surface area contributed by atoms with Gasteiger partial charge in [-0.25, -0.2) is 9.97 Å². The van der Waals surface area contributed by atoms with Crippen molar-refractivity contribution in [1.82, 2.24) is 14.1 Å². The van der Waals surface area contributed by atoms with Crippen molar-refractivity contribution in [1.29, 1.82) is 0 Å². The summed E-state index contributed by atoms with van der Waals surface area (Å²) in [5.74, 6) is -0.0136. The molecule has 0 radical (unpaired) electrons. The van der Waals surface area contributed by atoms with Crippen LogP contribution in [0.1, 0.15) is 0 Å². The summed E-state index contributed by atoms with van der Waals surface area (Å²) in [4.78, 5) is 8.85. The Kier molecular flexibility index (Phi) is 7.42. The molecule has 5 nitrogen and oxygen atoms in total. The Morgan fingerprint density at radius 2 is 1.07 bits per heavy atom. The number of benzene rings is 7. The van der Waals surface area contributed by atoms with E-state index >= 15 is 0 Å². The van der Waals surface area contributed by atoms with Gasteiger partial charge >= 0.3 is 18.9 Å². The Hall–Kier alpha value is -6.64. The Labute approximate surface area is 322 Å². The minimum absolute atomic E-state index is 0. The van der Waals surface area contributed by atoms with Gasteiger partial charge in [0.1, 0.15) is 5.52 Å². The normalized spacial score (nSPS) is 11.6. The molecule has 11 aromatic rings. The number of hydrogen-bond acceptors (Lipinski definition) is 2. The Morgan fingerprint density at radius 1 is 0.481 bits per heavy atom. The van der Waals surface area contributed by atoms with E-state index in [1.807, 2.05) is 18.2 Å². The van der Waals surface area contributed by atoms with E-state index in [0.717, 1.165) is 55.6 Å². The minimum Gasteiger partial charge on any atom is -0.872 e. The number of pyridine rings is 2. The molecule has 248 valence electrons. The van der Waals surface area contributed by atoms with Crippen LogP contribution in [0.5, 0.6) is 5.75 Å². The number of nitrogens with zero attached hydrogens (tertiary/aromatic N) is 3. The maximum atomic E-state index is 12.7. The molecule has 7 aromatic carbocycles. The molecule has 0 aliphatic heterocycles. The summed E-state index contributed by atoms with van der Waals surface area (Å²) in [6.07, 6.45) is 0. The fourth-order valence-electron chi connectivity index (χ4n) is 8.25. The predicted octanol–water partition coefficient (Wildman–Crippen LogP) is 7.81. The molecule has 0 amide bonds. The SMILES string of the molecule is [Li+].[O-]c1ccccc1-c1ccc2ccc3ccc(-c4cccc(-n5c6ccccc6c6ccc7c8ccccc8n(-c8ccccc8)c7c65)c4)nc3c2[nH+]1. The minimum atomic E-state index is -0.0136. The van der Waals surface area contributed by atoms with Crippen LogP contribution < -0.4 is 29.0 Å². The summed E-state index contributed by atoms with van der Waals surface area (Å²) in [7, 11) is 0. The summed E-state index contributed by atoms with van der Waals surface area (Å²) in [6.45, 7) is 0. The Balaban J connectivity index is 0.00000361. The van der Waals surface area contributed by atoms with Crippen LogP contribution in [0.25, 0.3) is 99.3 Å². The first-order valence-electron chi connectivity index (χ1n) is 17.8. The zero-order chi connectivity index (χ0) is 35.0. The van der Waals surface area contributed by atoms with Gasteiger partial charge in [0.15, 0.2) is 0 Å². The summed E-state index contributed by atoms with van der Waals surface area (Å²) >= 11 is 0. The fourth-order valence-corrected chi connectivity index (χ4v) is 8.25. The summed E-state index contributed by atoms with van der Waals surface area (Å²) < 4.78 is 4.84. The molecule has 11 rings (SSSR count). The van der Waals surface area contributed by atoms with Gasteiger partial charge in [-0.15, -0.1) is 0 Å². The van der Waals surface area contributed by atoms with Gasteiger partial charge in [0, 0.05) is 60.9 Å². The number of para-hydroxylation sites is 4. The van der Waals surface area contributed by atoms with E-state index in [-0.39, 0.29) is 24.6 Å². The van der Waals surface area contributed by atoms with Crippen LogP contribution >= 0.6 is 0 Å². The van der Waals surface area contributed by atoms with Crippen molar-refractivity contribution in [2.24, 2.45) is 0 Å². The molecule has 0 aliphatic rings. The van der Waals surface area contributed by atoms with Crippen molar-refractivity contribution in [3.8, 4) is 39.6 Å². The number of H-pyrrole nitrogens is 1. The van der Waals surface area contributed by atoms with Gasteiger partial charge < -0.3 is 14.2 Å². The van der Waals surface area contributed by atoms with E-state index in [1.165, 1.54) is 38.1 Å². The van der Waals surface area contributed by atoms with Crippen LogP contribution in [-0.4, -0.2) is 14.1 Å². The van der Waals surface area contributed by atoms with Crippen LogP contribution in [0, 0.1) is 0 Å². The van der Waals surface area contributed by atoms with Crippen molar-refractivity contribution in [3.63, 3.8) is 0 Å². The van der Waals surface area contributed by atoms with Gasteiger partial charge in [-0.05, 0) is 60.7 Å². The molecular weight excluding hydrogens is 655 g/mol. The van der Waals surface area contributed by atoms with Crippen molar-refractivity contribution >= 4 is 65.4 Å². The van der Waals surface area contributed by atoms with Gasteiger partial charge in [0.05, 0.1) is 27.8 Å². The predicted molar refractivity (Wildman–Crippen MR) is 215 cm³/mol. The zero-order valence-electron chi connectivity index (χ0n) is 29.5. The largest absolute Gasteiger partial charge is 1.00 e. The topological polar surface area (TPSA) is 60.0 Å². The van der Waals surface area contributed by atoms with Gasteiger partial charge in [0.2, 0.25) is 11.2 Å². The molecule has 6 heteroatoms. The number of hydrogen-bond donors (Lipinski definition) is 0. The van der Waals surface area contributed by atoms with Crippen LogP contribution in [0.2, 0.25) is 0 Å². The van der Waals surface area contributed by atoms with E-state index in [0.29, 0.717) is 5.56 Å². The second-order valence-corrected chi connectivity index (χ2v) is 13.6. The van der Waals surface area contributed by atoms with E-state index in [2.05, 4.69) is 160 Å². The van der Waals surface area contributed by atoms with E-state index in [9.17, 15) is 5.11 Å². The molecule has 4 aromatic heterocycles. The molecule has 0 saturated heterocycles. The molecule has 0 saturated carbocycles. The molecule has 0 fully saturated rings.